The second kappa shape index (κ2) is 3.72. The van der Waals surface area contributed by atoms with E-state index in [0.29, 0.717) is 13.1 Å². The van der Waals surface area contributed by atoms with Gasteiger partial charge in [0.15, 0.2) is 5.82 Å². The Morgan fingerprint density at radius 1 is 1.44 bits per heavy atom. The van der Waals surface area contributed by atoms with E-state index in [1.54, 1.807) is 0 Å². The molecule has 1 amide bonds. The van der Waals surface area contributed by atoms with E-state index in [9.17, 15) is 9.59 Å². The van der Waals surface area contributed by atoms with Gasteiger partial charge in [-0.1, -0.05) is 4.73 Å². The van der Waals surface area contributed by atoms with Gasteiger partial charge in [0.05, 0.1) is 0 Å². The van der Waals surface area contributed by atoms with Gasteiger partial charge in [0, 0.05) is 13.1 Å². The van der Waals surface area contributed by atoms with Crippen LogP contribution in [0.4, 0.5) is 10.6 Å². The zero-order chi connectivity index (χ0) is 12.7. The fraction of sp³-hybridized carbons (Fsp3) is 0.333. The van der Waals surface area contributed by atoms with Gasteiger partial charge in [0.25, 0.3) is 0 Å². The average Bonchev–Trinajstić information content (AvgIpc) is 2.56. The predicted molar refractivity (Wildman–Crippen MR) is 60.7 cm³/mol. The Morgan fingerprint density at radius 3 is 2.89 bits per heavy atom. The molecule has 0 radical (unpaired) electrons. The van der Waals surface area contributed by atoms with Crippen molar-refractivity contribution >= 4 is 23.1 Å². The Labute approximate surface area is 100 Å². The third-order valence-electron chi connectivity index (χ3n) is 2.75. The number of carbonyl (C=O) groups is 1. The van der Waals surface area contributed by atoms with Crippen LogP contribution in [0.3, 0.4) is 0 Å². The highest BCUT2D eigenvalue weighted by atomic mass is 16.7. The van der Waals surface area contributed by atoms with Gasteiger partial charge in [0.2, 0.25) is 5.65 Å². The summed E-state index contributed by atoms with van der Waals surface area (Å²) in [5.74, 6) is 0.121. The number of nitrogens with zero attached hydrogens (tertiary/aromatic N) is 4. The highest BCUT2D eigenvalue weighted by molar-refractivity contribution is 5.81. The topological polar surface area (TPSA) is 119 Å². The summed E-state index contributed by atoms with van der Waals surface area (Å²) in [6, 6.07) is 0. The van der Waals surface area contributed by atoms with Crippen molar-refractivity contribution in [2.75, 3.05) is 18.8 Å². The monoisotopic (exact) mass is 250 g/mol. The highest BCUT2D eigenvalue weighted by Gasteiger charge is 2.24. The minimum absolute atomic E-state index is 0.121. The molecule has 18 heavy (non-hydrogen) atoms. The van der Waals surface area contributed by atoms with Crippen LogP contribution in [0.2, 0.25) is 0 Å². The summed E-state index contributed by atoms with van der Waals surface area (Å²) < 4.78 is 0.786. The van der Waals surface area contributed by atoms with Crippen molar-refractivity contribution in [1.29, 1.82) is 0 Å². The first-order valence-corrected chi connectivity index (χ1v) is 5.35. The van der Waals surface area contributed by atoms with Crippen molar-refractivity contribution in [1.82, 2.24) is 24.6 Å². The molecule has 0 spiro atoms. The fourth-order valence-electron chi connectivity index (χ4n) is 1.64. The van der Waals surface area contributed by atoms with Crippen molar-refractivity contribution in [2.45, 2.75) is 6.42 Å². The van der Waals surface area contributed by atoms with Crippen molar-refractivity contribution in [3.8, 4) is 0 Å². The Balaban J connectivity index is 2.01. The fourth-order valence-corrected chi connectivity index (χ4v) is 1.64. The molecule has 0 saturated carbocycles. The Morgan fingerprint density at radius 2 is 2.22 bits per heavy atom. The van der Waals surface area contributed by atoms with Crippen LogP contribution in [0.25, 0.3) is 11.2 Å². The van der Waals surface area contributed by atoms with E-state index in [1.165, 1.54) is 11.2 Å². The van der Waals surface area contributed by atoms with E-state index in [-0.39, 0.29) is 17.0 Å². The zero-order valence-corrected chi connectivity index (χ0v) is 9.29. The van der Waals surface area contributed by atoms with E-state index < -0.39 is 11.8 Å². The summed E-state index contributed by atoms with van der Waals surface area (Å²) >= 11 is 0. The number of imidazole rings is 1. The van der Waals surface area contributed by atoms with Gasteiger partial charge in [0.1, 0.15) is 11.8 Å². The zero-order valence-electron chi connectivity index (χ0n) is 9.29. The molecular weight excluding hydrogens is 240 g/mol. The Hall–Kier alpha value is -2.58. The van der Waals surface area contributed by atoms with Crippen LogP contribution in [0.1, 0.15) is 6.42 Å². The number of likely N-dealkylation sites (tertiary alicyclic amines) is 1. The molecule has 2 aromatic rings. The van der Waals surface area contributed by atoms with Gasteiger partial charge in [-0.15, -0.1) is 0 Å². The first-order valence-electron chi connectivity index (χ1n) is 5.35. The summed E-state index contributed by atoms with van der Waals surface area (Å²) in [7, 11) is 0. The largest absolute Gasteiger partial charge is 0.434 e. The van der Waals surface area contributed by atoms with Gasteiger partial charge >= 0.3 is 11.8 Å². The molecule has 3 heterocycles. The van der Waals surface area contributed by atoms with Crippen LogP contribution in [0.15, 0.2) is 11.1 Å². The van der Waals surface area contributed by atoms with Crippen LogP contribution in [-0.2, 0) is 0 Å². The molecule has 3 N–H and O–H groups in total. The number of hydrogen-bond donors (Lipinski definition) is 2. The van der Waals surface area contributed by atoms with Crippen molar-refractivity contribution in [3.05, 3.63) is 16.8 Å². The number of fused-ring (bicyclic) bond motifs is 1. The number of nitrogen functional groups attached to an aromatic ring is 1. The van der Waals surface area contributed by atoms with Crippen LogP contribution >= 0.6 is 0 Å². The maximum Gasteiger partial charge on any atom is 0.434 e. The smallest absolute Gasteiger partial charge is 0.382 e. The number of rotatable bonds is 1. The van der Waals surface area contributed by atoms with Gasteiger partial charge in [-0.3, -0.25) is 4.98 Å². The number of H-pyrrole nitrogens is 1. The standard InChI is InChI=1S/C9H10N6O3/c10-6-5-7(12-4-11-6)15(8(16)13-5)18-9(17)14-2-1-3-14/h4H,1-3H2,(H,13,16)(H2,10,11,12). The Bertz CT molecular complexity index is 670. The maximum absolute atomic E-state index is 11.6. The first kappa shape index (κ1) is 10.6. The quantitative estimate of drug-likeness (QED) is 0.667. The third kappa shape index (κ3) is 1.48. The lowest BCUT2D eigenvalue weighted by molar-refractivity contribution is 0.0728. The summed E-state index contributed by atoms with van der Waals surface area (Å²) in [6.45, 7) is 1.26. The highest BCUT2D eigenvalue weighted by Crippen LogP contribution is 2.11. The molecule has 94 valence electrons. The van der Waals surface area contributed by atoms with Crippen molar-refractivity contribution in [3.63, 3.8) is 0 Å². The van der Waals surface area contributed by atoms with Crippen LogP contribution in [0, 0.1) is 0 Å². The molecule has 1 saturated heterocycles. The molecule has 1 aliphatic rings. The summed E-state index contributed by atoms with van der Waals surface area (Å²) in [5.41, 5.74) is 5.35. The van der Waals surface area contributed by atoms with Gasteiger partial charge in [-0.25, -0.2) is 19.6 Å². The molecule has 0 atom stereocenters. The normalized spacial score (nSPS) is 14.6. The summed E-state index contributed by atoms with van der Waals surface area (Å²) in [4.78, 5) is 39.8. The number of hydrogen-bond acceptors (Lipinski definition) is 6. The molecule has 0 aromatic carbocycles. The molecule has 9 heteroatoms. The van der Waals surface area contributed by atoms with E-state index in [1.807, 2.05) is 0 Å². The number of carbonyl (C=O) groups excluding carboxylic acids is 1. The molecule has 2 aromatic heterocycles. The van der Waals surface area contributed by atoms with E-state index in [0.717, 1.165) is 11.2 Å². The third-order valence-corrected chi connectivity index (χ3v) is 2.75. The molecule has 0 aliphatic carbocycles. The number of anilines is 1. The lowest BCUT2D eigenvalue weighted by Gasteiger charge is -2.28. The minimum Gasteiger partial charge on any atom is -0.382 e. The van der Waals surface area contributed by atoms with Gasteiger partial charge in [-0.05, 0) is 6.42 Å². The van der Waals surface area contributed by atoms with Crippen LogP contribution in [0.5, 0.6) is 0 Å². The Kier molecular flexibility index (Phi) is 2.18. The number of aromatic nitrogens is 4. The molecule has 1 aliphatic heterocycles. The maximum atomic E-state index is 11.6. The molecule has 0 bridgehead atoms. The lowest BCUT2D eigenvalue weighted by atomic mass is 10.2. The lowest BCUT2D eigenvalue weighted by Crippen LogP contribution is -2.47. The number of amides is 1. The second-order valence-corrected chi connectivity index (χ2v) is 3.88. The molecule has 0 unspecified atom stereocenters. The first-order chi connectivity index (χ1) is 8.66. The molecule has 1 fully saturated rings. The number of nitrogens with two attached hydrogens (primary N) is 1. The van der Waals surface area contributed by atoms with Gasteiger partial charge < -0.3 is 15.5 Å². The van der Waals surface area contributed by atoms with Gasteiger partial charge in [-0.2, -0.15) is 0 Å². The van der Waals surface area contributed by atoms with E-state index in [4.69, 9.17) is 10.6 Å². The van der Waals surface area contributed by atoms with Crippen LogP contribution < -0.4 is 16.3 Å². The molecular formula is C9H10N6O3. The van der Waals surface area contributed by atoms with Crippen molar-refractivity contribution < 1.29 is 9.63 Å². The molecule has 3 rings (SSSR count). The van der Waals surface area contributed by atoms with Crippen LogP contribution in [-0.4, -0.2) is 43.8 Å². The summed E-state index contributed by atoms with van der Waals surface area (Å²) in [5, 5.41) is 0. The van der Waals surface area contributed by atoms with E-state index >= 15 is 0 Å². The number of nitrogens with one attached hydrogen (secondary N) is 1. The minimum atomic E-state index is -0.619. The van der Waals surface area contributed by atoms with Crippen molar-refractivity contribution in [2.24, 2.45) is 0 Å². The predicted octanol–water partition coefficient (Wildman–Crippen LogP) is -1.04. The van der Waals surface area contributed by atoms with E-state index in [2.05, 4.69) is 15.0 Å². The second-order valence-electron chi connectivity index (χ2n) is 3.88. The SMILES string of the molecule is Nc1ncnc2c1[nH]c(=O)n2OC(=O)N1CCC1. The average molecular weight is 250 g/mol. The molecule has 9 nitrogen and oxygen atoms in total. The summed E-state index contributed by atoms with van der Waals surface area (Å²) in [6.07, 6.45) is 1.55. The number of aromatic amines is 1.